The Morgan fingerprint density at radius 2 is 1.80 bits per heavy atom. The first-order chi connectivity index (χ1) is 11.8. The molecular formula is C20H20N2O3. The molecule has 1 amide bonds. The minimum Gasteiger partial charge on any atom is -0.325 e. The quantitative estimate of drug-likeness (QED) is 0.675. The van der Waals surface area contributed by atoms with E-state index in [4.69, 9.17) is 0 Å². The van der Waals surface area contributed by atoms with Crippen LogP contribution in [0.5, 0.6) is 0 Å². The molecule has 128 valence electrons. The van der Waals surface area contributed by atoms with Crippen LogP contribution in [0.2, 0.25) is 0 Å². The van der Waals surface area contributed by atoms with Gasteiger partial charge in [0.15, 0.2) is 0 Å². The van der Waals surface area contributed by atoms with E-state index in [0.717, 1.165) is 10.9 Å². The van der Waals surface area contributed by atoms with Gasteiger partial charge in [0.1, 0.15) is 5.41 Å². The molecule has 0 spiro atoms. The molecule has 0 aliphatic heterocycles. The third kappa shape index (κ3) is 1.68. The molecule has 5 nitrogen and oxygen atoms in total. The zero-order valence-corrected chi connectivity index (χ0v) is 14.6. The molecule has 1 aromatic heterocycles. The fourth-order valence-corrected chi connectivity index (χ4v) is 4.71. The molecule has 2 aromatic rings. The zero-order valence-electron chi connectivity index (χ0n) is 14.6. The Morgan fingerprint density at radius 3 is 2.48 bits per heavy atom. The van der Waals surface area contributed by atoms with E-state index >= 15 is 0 Å². The number of amides is 1. The molecule has 2 atom stereocenters. The monoisotopic (exact) mass is 336 g/mol. The summed E-state index contributed by atoms with van der Waals surface area (Å²) in [5, 5.41) is 3.73. The van der Waals surface area contributed by atoms with Crippen molar-refractivity contribution in [2.24, 2.45) is 16.2 Å². The van der Waals surface area contributed by atoms with E-state index in [1.807, 2.05) is 39.0 Å². The van der Waals surface area contributed by atoms with Crippen molar-refractivity contribution in [3.05, 3.63) is 36.5 Å². The van der Waals surface area contributed by atoms with Crippen molar-refractivity contribution in [2.75, 3.05) is 5.32 Å². The molecule has 25 heavy (non-hydrogen) atoms. The molecule has 1 N–H and O–H groups in total. The fourth-order valence-electron chi connectivity index (χ4n) is 4.71. The number of nitrogens with zero attached hydrogens (tertiary/aromatic N) is 1. The predicted octanol–water partition coefficient (Wildman–Crippen LogP) is 3.14. The Labute approximate surface area is 145 Å². The van der Waals surface area contributed by atoms with E-state index in [2.05, 4.69) is 10.3 Å². The van der Waals surface area contributed by atoms with Gasteiger partial charge in [-0.15, -0.1) is 0 Å². The van der Waals surface area contributed by atoms with Crippen molar-refractivity contribution < 1.29 is 14.4 Å². The van der Waals surface area contributed by atoms with Crippen LogP contribution >= 0.6 is 0 Å². The van der Waals surface area contributed by atoms with Crippen LogP contribution in [0, 0.1) is 16.2 Å². The van der Waals surface area contributed by atoms with Crippen LogP contribution in [0.4, 0.5) is 5.69 Å². The molecule has 2 aliphatic carbocycles. The SMILES string of the molecule is CC1(C)[C@@]2(C(=O)Nc3cccc4ncccc34)CC[C@]1(C)C(=O)C2=O. The van der Waals surface area contributed by atoms with Gasteiger partial charge in [0.2, 0.25) is 17.5 Å². The summed E-state index contributed by atoms with van der Waals surface area (Å²) in [4.78, 5) is 42.9. The summed E-state index contributed by atoms with van der Waals surface area (Å²) < 4.78 is 0. The highest BCUT2D eigenvalue weighted by Gasteiger charge is 2.77. The van der Waals surface area contributed by atoms with Crippen LogP contribution in [-0.4, -0.2) is 22.5 Å². The maximum Gasteiger partial charge on any atom is 0.239 e. The number of pyridine rings is 1. The highest BCUT2D eigenvalue weighted by atomic mass is 16.2. The zero-order chi connectivity index (χ0) is 18.0. The smallest absolute Gasteiger partial charge is 0.239 e. The van der Waals surface area contributed by atoms with Gasteiger partial charge in [-0.3, -0.25) is 19.4 Å². The Kier molecular flexibility index (Phi) is 3.03. The Hall–Kier alpha value is -2.56. The molecule has 2 saturated carbocycles. The maximum absolute atomic E-state index is 13.2. The first kappa shape index (κ1) is 15.9. The molecule has 2 bridgehead atoms. The summed E-state index contributed by atoms with van der Waals surface area (Å²) in [7, 11) is 0. The number of Topliss-reactive ketones (excluding diaryl/α,β-unsaturated/α-hetero) is 2. The first-order valence-corrected chi connectivity index (χ1v) is 8.50. The largest absolute Gasteiger partial charge is 0.325 e. The maximum atomic E-state index is 13.2. The molecule has 4 rings (SSSR count). The number of rotatable bonds is 2. The van der Waals surface area contributed by atoms with E-state index in [-0.39, 0.29) is 5.91 Å². The lowest BCUT2D eigenvalue weighted by molar-refractivity contribution is -0.147. The second-order valence-corrected chi connectivity index (χ2v) is 7.85. The van der Waals surface area contributed by atoms with Gasteiger partial charge in [0, 0.05) is 17.0 Å². The lowest BCUT2D eigenvalue weighted by Gasteiger charge is -2.37. The highest BCUT2D eigenvalue weighted by Crippen LogP contribution is 2.69. The van der Waals surface area contributed by atoms with Gasteiger partial charge in [0.25, 0.3) is 0 Å². The highest BCUT2D eigenvalue weighted by molar-refractivity contribution is 6.49. The first-order valence-electron chi connectivity index (χ1n) is 8.50. The van der Waals surface area contributed by atoms with Gasteiger partial charge < -0.3 is 5.32 Å². The predicted molar refractivity (Wildman–Crippen MR) is 93.9 cm³/mol. The van der Waals surface area contributed by atoms with Crippen LogP contribution in [-0.2, 0) is 14.4 Å². The van der Waals surface area contributed by atoms with Crippen molar-refractivity contribution in [1.82, 2.24) is 4.98 Å². The average Bonchev–Trinajstić information content (AvgIpc) is 2.87. The molecule has 2 fully saturated rings. The van der Waals surface area contributed by atoms with Crippen molar-refractivity contribution in [2.45, 2.75) is 33.6 Å². The van der Waals surface area contributed by atoms with Gasteiger partial charge in [-0.1, -0.05) is 26.8 Å². The molecule has 1 aromatic carbocycles. The number of carbonyl (C=O) groups excluding carboxylic acids is 3. The van der Waals surface area contributed by atoms with Crippen molar-refractivity contribution >= 4 is 34.1 Å². The van der Waals surface area contributed by atoms with Crippen LogP contribution in [0.25, 0.3) is 10.9 Å². The van der Waals surface area contributed by atoms with E-state index < -0.39 is 27.8 Å². The molecule has 0 saturated heterocycles. The van der Waals surface area contributed by atoms with Crippen LogP contribution < -0.4 is 5.32 Å². The number of aromatic nitrogens is 1. The Morgan fingerprint density at radius 1 is 1.04 bits per heavy atom. The molecule has 1 heterocycles. The summed E-state index contributed by atoms with van der Waals surface area (Å²) >= 11 is 0. The topological polar surface area (TPSA) is 76.1 Å². The number of nitrogens with one attached hydrogen (secondary N) is 1. The third-order valence-electron chi connectivity index (χ3n) is 6.82. The van der Waals surface area contributed by atoms with Gasteiger partial charge in [-0.05, 0) is 42.5 Å². The summed E-state index contributed by atoms with van der Waals surface area (Å²) in [6, 6.07) is 9.15. The minimum atomic E-state index is -1.29. The van der Waals surface area contributed by atoms with Crippen molar-refractivity contribution in [3.8, 4) is 0 Å². The van der Waals surface area contributed by atoms with Gasteiger partial charge in [0.05, 0.1) is 11.2 Å². The second kappa shape index (κ2) is 4.75. The lowest BCUT2D eigenvalue weighted by atomic mass is 9.64. The molecule has 2 aliphatic rings. The number of ketones is 2. The van der Waals surface area contributed by atoms with E-state index in [1.54, 1.807) is 18.3 Å². The van der Waals surface area contributed by atoms with Crippen LogP contribution in [0.15, 0.2) is 36.5 Å². The summed E-state index contributed by atoms with van der Waals surface area (Å²) in [6.07, 6.45) is 2.67. The van der Waals surface area contributed by atoms with E-state index in [9.17, 15) is 14.4 Å². The van der Waals surface area contributed by atoms with E-state index in [0.29, 0.717) is 18.5 Å². The fraction of sp³-hybridized carbons (Fsp3) is 0.400. The Balaban J connectivity index is 1.79. The minimum absolute atomic E-state index is 0.381. The average molecular weight is 336 g/mol. The van der Waals surface area contributed by atoms with Crippen LogP contribution in [0.1, 0.15) is 33.6 Å². The normalized spacial score (nSPS) is 30.0. The van der Waals surface area contributed by atoms with Gasteiger partial charge in [-0.25, -0.2) is 0 Å². The molecular weight excluding hydrogens is 316 g/mol. The second-order valence-electron chi connectivity index (χ2n) is 7.85. The summed E-state index contributed by atoms with van der Waals surface area (Å²) in [6.45, 7) is 5.55. The summed E-state index contributed by atoms with van der Waals surface area (Å²) in [5.41, 5.74) is -1.38. The standard InChI is InChI=1S/C20H20N2O3/c1-18(2)19(3)9-10-20(18,16(24)15(19)23)17(25)22-14-8-4-7-13-12(14)6-5-11-21-13/h4-8,11H,9-10H2,1-3H3,(H,22,25)/t19-,20+/m1/s1. The number of carbonyl (C=O) groups is 3. The number of benzene rings is 1. The number of hydrogen-bond donors (Lipinski definition) is 1. The molecule has 5 heteroatoms. The number of anilines is 1. The van der Waals surface area contributed by atoms with Crippen molar-refractivity contribution in [3.63, 3.8) is 0 Å². The van der Waals surface area contributed by atoms with Gasteiger partial charge in [-0.2, -0.15) is 0 Å². The molecule has 0 unspecified atom stereocenters. The van der Waals surface area contributed by atoms with E-state index in [1.165, 1.54) is 0 Å². The van der Waals surface area contributed by atoms with Crippen LogP contribution in [0.3, 0.4) is 0 Å². The summed E-state index contributed by atoms with van der Waals surface area (Å²) in [5.74, 6) is -1.32. The number of hydrogen-bond acceptors (Lipinski definition) is 4. The lowest BCUT2D eigenvalue weighted by Crippen LogP contribution is -2.47. The third-order valence-corrected chi connectivity index (χ3v) is 6.82. The van der Waals surface area contributed by atoms with Crippen molar-refractivity contribution in [1.29, 1.82) is 0 Å². The molecule has 0 radical (unpaired) electrons. The van der Waals surface area contributed by atoms with Gasteiger partial charge >= 0.3 is 0 Å². The number of fused-ring (bicyclic) bond motifs is 3. The Bertz CT molecular complexity index is 944.